The molecule has 0 bridgehead atoms. The van der Waals surface area contributed by atoms with Crippen LogP contribution >= 0.6 is 27.3 Å². The summed E-state index contributed by atoms with van der Waals surface area (Å²) in [6.45, 7) is 1.54. The van der Waals surface area contributed by atoms with Gasteiger partial charge in [0.15, 0.2) is 0 Å². The predicted octanol–water partition coefficient (Wildman–Crippen LogP) is 1.11. The third-order valence-electron chi connectivity index (χ3n) is 1.57. The number of primary amides is 1. The minimum Gasteiger partial charge on any atom is -0.368 e. The van der Waals surface area contributed by atoms with Gasteiger partial charge in [-0.2, -0.15) is 0 Å². The first-order chi connectivity index (χ1) is 6.50. The maximum atomic E-state index is 11.4. The van der Waals surface area contributed by atoms with Gasteiger partial charge < -0.3 is 11.1 Å². The number of hydrogen-bond acceptors (Lipinski definition) is 3. The lowest BCUT2D eigenvalue weighted by atomic mass is 10.3. The van der Waals surface area contributed by atoms with E-state index in [1.165, 1.54) is 11.3 Å². The smallest absolute Gasteiger partial charge is 0.262 e. The van der Waals surface area contributed by atoms with Gasteiger partial charge in [-0.25, -0.2) is 0 Å². The van der Waals surface area contributed by atoms with Gasteiger partial charge in [0, 0.05) is 0 Å². The number of thiophene rings is 1. The van der Waals surface area contributed by atoms with Crippen LogP contribution in [0.25, 0.3) is 0 Å². The third kappa shape index (κ3) is 2.81. The van der Waals surface area contributed by atoms with Crippen molar-refractivity contribution in [3.05, 3.63) is 20.8 Å². The Morgan fingerprint density at radius 1 is 1.57 bits per heavy atom. The monoisotopic (exact) mass is 276 g/mol. The van der Waals surface area contributed by atoms with Crippen molar-refractivity contribution in [2.45, 2.75) is 13.0 Å². The second-order valence-electron chi connectivity index (χ2n) is 2.70. The van der Waals surface area contributed by atoms with Gasteiger partial charge >= 0.3 is 0 Å². The molecule has 1 aromatic rings. The van der Waals surface area contributed by atoms with Crippen LogP contribution in [0.4, 0.5) is 0 Å². The molecule has 0 saturated carbocycles. The van der Waals surface area contributed by atoms with Crippen LogP contribution in [0.1, 0.15) is 16.6 Å². The van der Waals surface area contributed by atoms with Crippen molar-refractivity contribution in [1.82, 2.24) is 5.32 Å². The maximum absolute atomic E-state index is 11.4. The number of carbonyl (C=O) groups is 2. The number of nitrogens with two attached hydrogens (primary N) is 1. The highest BCUT2D eigenvalue weighted by Gasteiger charge is 2.14. The summed E-state index contributed by atoms with van der Waals surface area (Å²) in [5.41, 5.74) is 5.01. The Hall–Kier alpha value is -0.880. The van der Waals surface area contributed by atoms with Gasteiger partial charge in [0.05, 0.1) is 8.66 Å². The molecule has 0 aliphatic rings. The molecule has 0 aromatic carbocycles. The van der Waals surface area contributed by atoms with Gasteiger partial charge in [-0.15, -0.1) is 11.3 Å². The van der Waals surface area contributed by atoms with Crippen LogP contribution in [0.2, 0.25) is 0 Å². The number of amides is 2. The molecule has 1 unspecified atom stereocenters. The van der Waals surface area contributed by atoms with Gasteiger partial charge in [0.2, 0.25) is 5.91 Å². The van der Waals surface area contributed by atoms with E-state index >= 15 is 0 Å². The fourth-order valence-corrected chi connectivity index (χ4v) is 2.06. The molecule has 1 heterocycles. The normalized spacial score (nSPS) is 12.1. The standard InChI is InChI=1S/C8H9BrN2O2S/c1-4(7(10)12)11-8(13)5-2-3-6(9)14-5/h2-4H,1H3,(H2,10,12)(H,11,13). The molecule has 0 saturated heterocycles. The van der Waals surface area contributed by atoms with Gasteiger partial charge in [0.25, 0.3) is 5.91 Å². The lowest BCUT2D eigenvalue weighted by molar-refractivity contribution is -0.119. The van der Waals surface area contributed by atoms with Crippen LogP contribution in [0.5, 0.6) is 0 Å². The molecule has 3 N–H and O–H groups in total. The lowest BCUT2D eigenvalue weighted by Gasteiger charge is -2.08. The molecule has 1 rings (SSSR count). The third-order valence-corrected chi connectivity index (χ3v) is 3.19. The highest BCUT2D eigenvalue weighted by atomic mass is 79.9. The summed E-state index contributed by atoms with van der Waals surface area (Å²) in [4.78, 5) is 22.7. The van der Waals surface area contributed by atoms with E-state index in [-0.39, 0.29) is 5.91 Å². The molecule has 4 nitrogen and oxygen atoms in total. The molecule has 0 aliphatic heterocycles. The zero-order valence-corrected chi connectivity index (χ0v) is 9.81. The Morgan fingerprint density at radius 2 is 2.21 bits per heavy atom. The van der Waals surface area contributed by atoms with Gasteiger partial charge in [-0.3, -0.25) is 9.59 Å². The first kappa shape index (κ1) is 11.2. The van der Waals surface area contributed by atoms with Crippen molar-refractivity contribution in [1.29, 1.82) is 0 Å². The van der Waals surface area contributed by atoms with E-state index in [0.717, 1.165) is 3.79 Å². The van der Waals surface area contributed by atoms with Crippen LogP contribution in [0, 0.1) is 0 Å². The zero-order valence-electron chi connectivity index (χ0n) is 7.41. The van der Waals surface area contributed by atoms with E-state index in [4.69, 9.17) is 5.73 Å². The SMILES string of the molecule is CC(NC(=O)c1ccc(Br)s1)C(N)=O. The first-order valence-electron chi connectivity index (χ1n) is 3.86. The van der Waals surface area contributed by atoms with Gasteiger partial charge in [-0.1, -0.05) is 0 Å². The highest BCUT2D eigenvalue weighted by Crippen LogP contribution is 2.21. The molecule has 1 aromatic heterocycles. The molecule has 0 radical (unpaired) electrons. The first-order valence-corrected chi connectivity index (χ1v) is 5.47. The van der Waals surface area contributed by atoms with E-state index in [2.05, 4.69) is 21.2 Å². The minimum atomic E-state index is -0.650. The second-order valence-corrected chi connectivity index (χ2v) is 5.16. The lowest BCUT2D eigenvalue weighted by Crippen LogP contribution is -2.41. The van der Waals surface area contributed by atoms with E-state index < -0.39 is 11.9 Å². The van der Waals surface area contributed by atoms with Crippen LogP contribution < -0.4 is 11.1 Å². The average Bonchev–Trinajstić information content (AvgIpc) is 2.51. The van der Waals surface area contributed by atoms with Crippen molar-refractivity contribution >= 4 is 39.1 Å². The second kappa shape index (κ2) is 4.56. The Kier molecular flexibility index (Phi) is 3.65. The summed E-state index contributed by atoms with van der Waals surface area (Å²) < 4.78 is 0.870. The summed E-state index contributed by atoms with van der Waals surface area (Å²) in [6, 6.07) is 2.80. The summed E-state index contributed by atoms with van der Waals surface area (Å²) >= 11 is 4.54. The van der Waals surface area contributed by atoms with Crippen LogP contribution in [0.15, 0.2) is 15.9 Å². The van der Waals surface area contributed by atoms with E-state index in [0.29, 0.717) is 4.88 Å². The summed E-state index contributed by atoms with van der Waals surface area (Å²) in [6.07, 6.45) is 0. The Labute approximate surface area is 93.6 Å². The van der Waals surface area contributed by atoms with Crippen molar-refractivity contribution < 1.29 is 9.59 Å². The van der Waals surface area contributed by atoms with E-state index in [9.17, 15) is 9.59 Å². The Morgan fingerprint density at radius 3 is 2.64 bits per heavy atom. The Balaban J connectivity index is 2.63. The fraction of sp³-hybridized carbons (Fsp3) is 0.250. The van der Waals surface area contributed by atoms with E-state index in [1.807, 2.05) is 0 Å². The molecule has 76 valence electrons. The molecular formula is C8H9BrN2O2S. The van der Waals surface area contributed by atoms with Crippen molar-refractivity contribution in [3.63, 3.8) is 0 Å². The maximum Gasteiger partial charge on any atom is 0.262 e. The van der Waals surface area contributed by atoms with Crippen LogP contribution in [0.3, 0.4) is 0 Å². The summed E-state index contributed by atoms with van der Waals surface area (Å²) in [7, 11) is 0. The zero-order chi connectivity index (χ0) is 10.7. The molecular weight excluding hydrogens is 268 g/mol. The molecule has 0 fully saturated rings. The molecule has 1 atom stereocenters. The fourth-order valence-electron chi connectivity index (χ4n) is 0.775. The number of halogens is 1. The summed E-state index contributed by atoms with van der Waals surface area (Å²) in [5.74, 6) is -0.832. The molecule has 0 aliphatic carbocycles. The van der Waals surface area contributed by atoms with Crippen molar-refractivity contribution in [2.75, 3.05) is 0 Å². The van der Waals surface area contributed by atoms with Crippen LogP contribution in [-0.2, 0) is 4.79 Å². The Bertz CT molecular complexity index is 364. The van der Waals surface area contributed by atoms with E-state index in [1.54, 1.807) is 19.1 Å². The van der Waals surface area contributed by atoms with Gasteiger partial charge in [0.1, 0.15) is 6.04 Å². The number of rotatable bonds is 3. The molecule has 14 heavy (non-hydrogen) atoms. The predicted molar refractivity (Wildman–Crippen MR) is 58.1 cm³/mol. The number of hydrogen-bond donors (Lipinski definition) is 2. The van der Waals surface area contributed by atoms with Crippen molar-refractivity contribution in [2.24, 2.45) is 5.73 Å². The number of carbonyl (C=O) groups excluding carboxylic acids is 2. The highest BCUT2D eigenvalue weighted by molar-refractivity contribution is 9.11. The quantitative estimate of drug-likeness (QED) is 0.868. The largest absolute Gasteiger partial charge is 0.368 e. The minimum absolute atomic E-state index is 0.285. The van der Waals surface area contributed by atoms with Gasteiger partial charge in [-0.05, 0) is 35.0 Å². The average molecular weight is 277 g/mol. The van der Waals surface area contributed by atoms with Crippen LogP contribution in [-0.4, -0.2) is 17.9 Å². The van der Waals surface area contributed by atoms with Crippen molar-refractivity contribution in [3.8, 4) is 0 Å². The topological polar surface area (TPSA) is 72.2 Å². The number of nitrogens with one attached hydrogen (secondary N) is 1. The molecule has 0 spiro atoms. The molecule has 6 heteroatoms. The summed E-state index contributed by atoms with van der Waals surface area (Å²) in [5, 5.41) is 2.49. The molecule has 2 amide bonds.